The topological polar surface area (TPSA) is 92.4 Å². The molecule has 0 bridgehead atoms. The van der Waals surface area contributed by atoms with E-state index in [1.807, 2.05) is 0 Å². The molecule has 0 radical (unpaired) electrons. The van der Waals surface area contributed by atoms with Crippen LogP contribution in [0.3, 0.4) is 0 Å². The molecule has 4 N–H and O–H groups in total. The number of carbonyl (C=O) groups excluding carboxylic acids is 2. The van der Waals surface area contributed by atoms with Crippen molar-refractivity contribution in [1.29, 1.82) is 0 Å². The summed E-state index contributed by atoms with van der Waals surface area (Å²) in [6.45, 7) is 3.33. The fraction of sp³-hybridized carbons (Fsp3) is 0.333. The average Bonchev–Trinajstić information content (AvgIpc) is 2.40. The van der Waals surface area contributed by atoms with Crippen LogP contribution in [0.1, 0.15) is 34.8 Å². The number of nitrogens with two attached hydrogens (primary N) is 1. The summed E-state index contributed by atoms with van der Waals surface area (Å²) < 4.78 is 0. The second-order valence-electron chi connectivity index (χ2n) is 4.40. The van der Waals surface area contributed by atoms with E-state index in [9.17, 15) is 9.59 Å². The molecule has 106 valence electrons. The molecule has 0 aliphatic rings. The highest BCUT2D eigenvalue weighted by atomic mass is 16.2. The molecule has 1 atom stereocenters. The molecule has 0 heterocycles. The van der Waals surface area contributed by atoms with Crippen LogP contribution >= 0.6 is 0 Å². The van der Waals surface area contributed by atoms with E-state index in [4.69, 9.17) is 10.8 Å². The summed E-state index contributed by atoms with van der Waals surface area (Å²) >= 11 is 0. The number of benzene rings is 1. The monoisotopic (exact) mass is 274 g/mol. The first-order valence-corrected chi connectivity index (χ1v) is 6.26. The number of aliphatic hydroxyl groups is 1. The maximum Gasteiger partial charge on any atom is 0.252 e. The van der Waals surface area contributed by atoms with Crippen LogP contribution in [0, 0.1) is 18.8 Å². The van der Waals surface area contributed by atoms with Gasteiger partial charge in [0.1, 0.15) is 6.04 Å². The summed E-state index contributed by atoms with van der Waals surface area (Å²) in [6, 6.07) is 4.51. The van der Waals surface area contributed by atoms with Gasteiger partial charge in [-0.2, -0.15) is 0 Å². The van der Waals surface area contributed by atoms with Crippen LogP contribution in [0.25, 0.3) is 0 Å². The number of carbonyl (C=O) groups is 2. The summed E-state index contributed by atoms with van der Waals surface area (Å²) in [7, 11) is 0. The van der Waals surface area contributed by atoms with Gasteiger partial charge in [0.25, 0.3) is 5.91 Å². The Morgan fingerprint density at radius 1 is 1.45 bits per heavy atom. The molecule has 0 aromatic heterocycles. The molecule has 0 spiro atoms. The first-order chi connectivity index (χ1) is 9.45. The van der Waals surface area contributed by atoms with Crippen molar-refractivity contribution in [3.63, 3.8) is 0 Å². The highest BCUT2D eigenvalue weighted by Crippen LogP contribution is 2.11. The zero-order valence-electron chi connectivity index (χ0n) is 11.6. The first-order valence-electron chi connectivity index (χ1n) is 6.26. The molecule has 0 saturated carbocycles. The third kappa shape index (κ3) is 4.41. The number of hydrogen-bond acceptors (Lipinski definition) is 3. The van der Waals surface area contributed by atoms with Crippen molar-refractivity contribution in [3.8, 4) is 11.8 Å². The Kier molecular flexibility index (Phi) is 5.75. The van der Waals surface area contributed by atoms with Gasteiger partial charge in [-0.1, -0.05) is 17.9 Å². The van der Waals surface area contributed by atoms with Crippen LogP contribution in [-0.2, 0) is 4.79 Å². The first kappa shape index (κ1) is 15.7. The van der Waals surface area contributed by atoms with E-state index in [2.05, 4.69) is 17.2 Å². The van der Waals surface area contributed by atoms with Gasteiger partial charge in [0, 0.05) is 17.5 Å². The molecule has 20 heavy (non-hydrogen) atoms. The lowest BCUT2D eigenvalue weighted by atomic mass is 10.0. The standard InChI is InChI=1S/C15H18N2O3/c1-10-6-7-12(5-3-4-8-18)9-13(10)15(20)17-11(2)14(16)19/h6-7,9,11,18H,4,8H2,1-2H3,(H2,16,19)(H,17,20). The Morgan fingerprint density at radius 2 is 2.15 bits per heavy atom. The molecular weight excluding hydrogens is 256 g/mol. The number of amides is 2. The lowest BCUT2D eigenvalue weighted by molar-refractivity contribution is -0.119. The largest absolute Gasteiger partial charge is 0.395 e. The van der Waals surface area contributed by atoms with E-state index < -0.39 is 11.9 Å². The number of nitrogens with one attached hydrogen (secondary N) is 1. The molecular formula is C15H18N2O3. The van der Waals surface area contributed by atoms with E-state index in [0.29, 0.717) is 17.5 Å². The van der Waals surface area contributed by atoms with Crippen LogP contribution in [0.5, 0.6) is 0 Å². The highest BCUT2D eigenvalue weighted by Gasteiger charge is 2.15. The normalized spacial score (nSPS) is 11.2. The van der Waals surface area contributed by atoms with Crippen molar-refractivity contribution in [2.75, 3.05) is 6.61 Å². The molecule has 5 heteroatoms. The van der Waals surface area contributed by atoms with Crippen molar-refractivity contribution in [1.82, 2.24) is 5.32 Å². The quantitative estimate of drug-likeness (QED) is 0.691. The van der Waals surface area contributed by atoms with Crippen LogP contribution in [0.2, 0.25) is 0 Å². The minimum absolute atomic E-state index is 0.00231. The second-order valence-corrected chi connectivity index (χ2v) is 4.40. The summed E-state index contributed by atoms with van der Waals surface area (Å²) in [5, 5.41) is 11.2. The Morgan fingerprint density at radius 3 is 2.75 bits per heavy atom. The van der Waals surface area contributed by atoms with Crippen molar-refractivity contribution in [2.45, 2.75) is 26.3 Å². The van der Waals surface area contributed by atoms with E-state index in [1.54, 1.807) is 25.1 Å². The molecule has 0 saturated heterocycles. The van der Waals surface area contributed by atoms with Crippen molar-refractivity contribution >= 4 is 11.8 Å². The second kappa shape index (κ2) is 7.31. The van der Waals surface area contributed by atoms with Gasteiger partial charge < -0.3 is 16.2 Å². The zero-order chi connectivity index (χ0) is 15.1. The number of aryl methyl sites for hydroxylation is 1. The third-order valence-corrected chi connectivity index (χ3v) is 2.73. The Labute approximate surface area is 118 Å². The van der Waals surface area contributed by atoms with E-state index in [1.165, 1.54) is 6.92 Å². The smallest absolute Gasteiger partial charge is 0.252 e. The molecule has 1 unspecified atom stereocenters. The van der Waals surface area contributed by atoms with Crippen LogP contribution in [-0.4, -0.2) is 29.6 Å². The number of primary amides is 1. The Hall–Kier alpha value is -2.32. The van der Waals surface area contributed by atoms with Gasteiger partial charge in [-0.25, -0.2) is 0 Å². The summed E-state index contributed by atoms with van der Waals surface area (Å²) in [5.41, 5.74) is 7.03. The fourth-order valence-corrected chi connectivity index (χ4v) is 1.51. The molecule has 5 nitrogen and oxygen atoms in total. The van der Waals surface area contributed by atoms with Gasteiger partial charge in [0.05, 0.1) is 6.61 Å². The number of aliphatic hydroxyl groups excluding tert-OH is 1. The van der Waals surface area contributed by atoms with Crippen LogP contribution in [0.15, 0.2) is 18.2 Å². The summed E-state index contributed by atoms with van der Waals surface area (Å²) in [6.07, 6.45) is 0.383. The molecule has 1 rings (SSSR count). The van der Waals surface area contributed by atoms with Crippen molar-refractivity contribution in [3.05, 3.63) is 34.9 Å². The summed E-state index contributed by atoms with van der Waals surface area (Å²) in [4.78, 5) is 23.0. The maximum absolute atomic E-state index is 12.1. The van der Waals surface area contributed by atoms with Crippen LogP contribution in [0.4, 0.5) is 0 Å². The fourth-order valence-electron chi connectivity index (χ4n) is 1.51. The van der Waals surface area contributed by atoms with Crippen LogP contribution < -0.4 is 11.1 Å². The minimum Gasteiger partial charge on any atom is -0.395 e. The molecule has 1 aromatic carbocycles. The van der Waals surface area contributed by atoms with Gasteiger partial charge in [0.2, 0.25) is 5.91 Å². The molecule has 1 aromatic rings. The maximum atomic E-state index is 12.1. The highest BCUT2D eigenvalue weighted by molar-refractivity contribution is 5.98. The van der Waals surface area contributed by atoms with E-state index in [-0.39, 0.29) is 12.5 Å². The van der Waals surface area contributed by atoms with Gasteiger partial charge in [0.15, 0.2) is 0 Å². The zero-order valence-corrected chi connectivity index (χ0v) is 11.6. The SMILES string of the molecule is Cc1ccc(C#CCCO)cc1C(=O)NC(C)C(N)=O. The number of rotatable bonds is 4. The minimum atomic E-state index is -0.731. The predicted molar refractivity (Wildman–Crippen MR) is 75.9 cm³/mol. The lowest BCUT2D eigenvalue weighted by Crippen LogP contribution is -2.42. The number of hydrogen-bond donors (Lipinski definition) is 3. The van der Waals surface area contributed by atoms with Gasteiger partial charge in [-0.15, -0.1) is 0 Å². The van der Waals surface area contributed by atoms with E-state index in [0.717, 1.165) is 5.56 Å². The molecule has 0 aliphatic carbocycles. The van der Waals surface area contributed by atoms with Crippen molar-refractivity contribution < 1.29 is 14.7 Å². The average molecular weight is 274 g/mol. The molecule has 0 fully saturated rings. The van der Waals surface area contributed by atoms with Gasteiger partial charge in [-0.05, 0) is 31.5 Å². The molecule has 2 amide bonds. The lowest BCUT2D eigenvalue weighted by Gasteiger charge is -2.12. The Balaban J connectivity index is 2.94. The van der Waals surface area contributed by atoms with Crippen molar-refractivity contribution in [2.24, 2.45) is 5.73 Å². The van der Waals surface area contributed by atoms with Gasteiger partial charge >= 0.3 is 0 Å². The molecule has 0 aliphatic heterocycles. The Bertz CT molecular complexity index is 570. The summed E-state index contributed by atoms with van der Waals surface area (Å²) in [5.74, 6) is 4.70. The van der Waals surface area contributed by atoms with Gasteiger partial charge in [-0.3, -0.25) is 9.59 Å². The van der Waals surface area contributed by atoms with E-state index >= 15 is 0 Å². The predicted octanol–water partition coefficient (Wildman–Crippen LogP) is 0.333. The third-order valence-electron chi connectivity index (χ3n) is 2.73.